The summed E-state index contributed by atoms with van der Waals surface area (Å²) in [4.78, 5) is 13.3. The summed E-state index contributed by atoms with van der Waals surface area (Å²) in [5, 5.41) is 5.77. The Morgan fingerprint density at radius 2 is 1.66 bits per heavy atom. The van der Waals surface area contributed by atoms with Gasteiger partial charge in [0.15, 0.2) is 6.04 Å². The quantitative estimate of drug-likeness (QED) is 0.564. The highest BCUT2D eigenvalue weighted by atomic mass is 35.5. The standard InChI is InChI=1S/C24H25ClN2O2/c1-3-29-22-16-10-9-15-21(22)27-24(28)23(18-11-5-4-6-12-18)26-17(2)19-13-7-8-14-20(19)25/h4-17,23,26H,3H2,1-2H3,(H,27,28)/p+1/t17-,23-/m1/s1. The average molecular weight is 410 g/mol. The van der Waals surface area contributed by atoms with Gasteiger partial charge >= 0.3 is 0 Å². The van der Waals surface area contributed by atoms with Gasteiger partial charge in [0.25, 0.3) is 5.91 Å². The van der Waals surface area contributed by atoms with Crippen molar-refractivity contribution in [1.82, 2.24) is 0 Å². The predicted molar refractivity (Wildman–Crippen MR) is 117 cm³/mol. The molecule has 150 valence electrons. The number of amides is 1. The summed E-state index contributed by atoms with van der Waals surface area (Å²) in [6.07, 6.45) is 0. The molecule has 1 amide bonds. The summed E-state index contributed by atoms with van der Waals surface area (Å²) in [7, 11) is 0. The Balaban J connectivity index is 1.86. The zero-order valence-electron chi connectivity index (χ0n) is 16.6. The van der Waals surface area contributed by atoms with Crippen LogP contribution in [0.5, 0.6) is 5.75 Å². The molecule has 29 heavy (non-hydrogen) atoms. The molecule has 0 aliphatic carbocycles. The largest absolute Gasteiger partial charge is 0.492 e. The first-order chi connectivity index (χ1) is 14.1. The molecule has 0 aliphatic heterocycles. The number of anilines is 1. The molecule has 0 saturated heterocycles. The molecule has 0 saturated carbocycles. The number of rotatable bonds is 8. The molecule has 3 aromatic carbocycles. The molecule has 0 aliphatic rings. The van der Waals surface area contributed by atoms with Gasteiger partial charge < -0.3 is 15.4 Å². The first-order valence-electron chi connectivity index (χ1n) is 9.77. The smallest absolute Gasteiger partial charge is 0.287 e. The van der Waals surface area contributed by atoms with Gasteiger partial charge in [-0.05, 0) is 32.0 Å². The predicted octanol–water partition coefficient (Wildman–Crippen LogP) is 4.74. The van der Waals surface area contributed by atoms with Gasteiger partial charge in [-0.1, -0.05) is 72.3 Å². The molecule has 3 aromatic rings. The monoisotopic (exact) mass is 409 g/mol. The van der Waals surface area contributed by atoms with Crippen LogP contribution in [0.1, 0.15) is 37.1 Å². The molecule has 2 atom stereocenters. The zero-order valence-corrected chi connectivity index (χ0v) is 17.4. The minimum absolute atomic E-state index is 0.00166. The van der Waals surface area contributed by atoms with Crippen LogP contribution in [0.15, 0.2) is 78.9 Å². The van der Waals surface area contributed by atoms with E-state index in [0.29, 0.717) is 23.1 Å². The lowest BCUT2D eigenvalue weighted by Crippen LogP contribution is -2.87. The van der Waals surface area contributed by atoms with Crippen LogP contribution >= 0.6 is 11.6 Å². The summed E-state index contributed by atoms with van der Waals surface area (Å²) in [6.45, 7) is 4.51. The normalized spacial score (nSPS) is 12.8. The Morgan fingerprint density at radius 1 is 1.00 bits per heavy atom. The lowest BCUT2D eigenvalue weighted by molar-refractivity contribution is -0.718. The van der Waals surface area contributed by atoms with Crippen molar-refractivity contribution in [3.05, 3.63) is 95.0 Å². The summed E-state index contributed by atoms with van der Waals surface area (Å²) < 4.78 is 5.65. The van der Waals surface area contributed by atoms with E-state index in [1.54, 1.807) is 0 Å². The van der Waals surface area contributed by atoms with Gasteiger partial charge in [-0.2, -0.15) is 0 Å². The van der Waals surface area contributed by atoms with Crippen molar-refractivity contribution in [1.29, 1.82) is 0 Å². The highest BCUT2D eigenvalue weighted by Crippen LogP contribution is 2.25. The summed E-state index contributed by atoms with van der Waals surface area (Å²) in [5.41, 5.74) is 2.59. The van der Waals surface area contributed by atoms with Crippen molar-refractivity contribution in [3.8, 4) is 5.75 Å². The van der Waals surface area contributed by atoms with E-state index in [2.05, 4.69) is 12.2 Å². The van der Waals surface area contributed by atoms with E-state index in [1.165, 1.54) is 0 Å². The highest BCUT2D eigenvalue weighted by molar-refractivity contribution is 6.31. The van der Waals surface area contributed by atoms with Crippen LogP contribution in [0.3, 0.4) is 0 Å². The van der Waals surface area contributed by atoms with Gasteiger partial charge in [0.1, 0.15) is 11.8 Å². The third-order valence-electron chi connectivity index (χ3n) is 4.76. The van der Waals surface area contributed by atoms with Crippen LogP contribution in [0.2, 0.25) is 5.02 Å². The minimum Gasteiger partial charge on any atom is -0.492 e. The average Bonchev–Trinajstić information content (AvgIpc) is 2.74. The lowest BCUT2D eigenvalue weighted by atomic mass is 10.0. The Hall–Kier alpha value is -2.82. The van der Waals surface area contributed by atoms with Crippen molar-refractivity contribution in [2.24, 2.45) is 0 Å². The van der Waals surface area contributed by atoms with Crippen LogP contribution in [-0.2, 0) is 4.79 Å². The summed E-state index contributed by atoms with van der Waals surface area (Å²) >= 11 is 6.38. The second-order valence-corrected chi connectivity index (χ2v) is 7.22. The number of nitrogens with two attached hydrogens (primary N) is 1. The van der Waals surface area contributed by atoms with Crippen molar-refractivity contribution < 1.29 is 14.8 Å². The van der Waals surface area contributed by atoms with Crippen LogP contribution in [-0.4, -0.2) is 12.5 Å². The maximum atomic E-state index is 13.3. The van der Waals surface area contributed by atoms with E-state index in [-0.39, 0.29) is 11.9 Å². The number of ether oxygens (including phenoxy) is 1. The molecule has 0 spiro atoms. The Morgan fingerprint density at radius 3 is 2.38 bits per heavy atom. The highest BCUT2D eigenvalue weighted by Gasteiger charge is 2.28. The van der Waals surface area contributed by atoms with Crippen LogP contribution < -0.4 is 15.4 Å². The van der Waals surface area contributed by atoms with Crippen LogP contribution in [0.25, 0.3) is 0 Å². The molecular weight excluding hydrogens is 384 g/mol. The number of nitrogens with one attached hydrogen (secondary N) is 1. The number of halogens is 1. The molecule has 3 rings (SSSR count). The third-order valence-corrected chi connectivity index (χ3v) is 5.11. The Bertz CT molecular complexity index is 946. The maximum absolute atomic E-state index is 13.3. The lowest BCUT2D eigenvalue weighted by Gasteiger charge is -2.21. The second kappa shape index (κ2) is 10.1. The molecule has 3 N–H and O–H groups in total. The van der Waals surface area contributed by atoms with Crippen molar-refractivity contribution >= 4 is 23.2 Å². The fourth-order valence-electron chi connectivity index (χ4n) is 3.31. The van der Waals surface area contributed by atoms with Crippen molar-refractivity contribution in [3.63, 3.8) is 0 Å². The number of carbonyl (C=O) groups is 1. The van der Waals surface area contributed by atoms with E-state index >= 15 is 0 Å². The number of para-hydroxylation sites is 2. The number of quaternary nitrogens is 1. The zero-order chi connectivity index (χ0) is 20.6. The van der Waals surface area contributed by atoms with E-state index in [1.807, 2.05) is 91.1 Å². The molecule has 0 aromatic heterocycles. The van der Waals surface area contributed by atoms with Crippen LogP contribution in [0, 0.1) is 0 Å². The molecule has 0 unspecified atom stereocenters. The molecular formula is C24H26ClN2O2+. The van der Waals surface area contributed by atoms with Crippen molar-refractivity contribution in [2.75, 3.05) is 11.9 Å². The molecule has 0 bridgehead atoms. The molecule has 0 fully saturated rings. The minimum atomic E-state index is -0.433. The number of benzene rings is 3. The molecule has 4 nitrogen and oxygen atoms in total. The van der Waals surface area contributed by atoms with Gasteiger partial charge in [0.05, 0.1) is 12.3 Å². The first kappa shape index (κ1) is 20.9. The fourth-order valence-corrected chi connectivity index (χ4v) is 3.62. The number of hydrogen-bond donors (Lipinski definition) is 2. The van der Waals surface area contributed by atoms with Gasteiger partial charge in [-0.3, -0.25) is 4.79 Å². The molecule has 0 radical (unpaired) electrons. The van der Waals surface area contributed by atoms with E-state index in [0.717, 1.165) is 11.1 Å². The summed E-state index contributed by atoms with van der Waals surface area (Å²) in [5.74, 6) is 0.552. The van der Waals surface area contributed by atoms with E-state index in [9.17, 15) is 4.79 Å². The SMILES string of the molecule is CCOc1ccccc1NC(=O)[C@H]([NH2+][C@H](C)c1ccccc1Cl)c1ccccc1. The van der Waals surface area contributed by atoms with Gasteiger partial charge in [0, 0.05) is 16.1 Å². The number of carbonyl (C=O) groups excluding carboxylic acids is 1. The molecule has 0 heterocycles. The summed E-state index contributed by atoms with van der Waals surface area (Å²) in [6, 6.07) is 24.5. The van der Waals surface area contributed by atoms with Crippen molar-refractivity contribution in [2.45, 2.75) is 25.9 Å². The maximum Gasteiger partial charge on any atom is 0.287 e. The van der Waals surface area contributed by atoms with Crippen LogP contribution in [0.4, 0.5) is 5.69 Å². The third kappa shape index (κ3) is 5.37. The number of hydrogen-bond acceptors (Lipinski definition) is 2. The fraction of sp³-hybridized carbons (Fsp3) is 0.208. The van der Waals surface area contributed by atoms with E-state index < -0.39 is 6.04 Å². The second-order valence-electron chi connectivity index (χ2n) is 6.81. The Kier molecular flexibility index (Phi) is 7.28. The van der Waals surface area contributed by atoms with E-state index in [4.69, 9.17) is 16.3 Å². The van der Waals surface area contributed by atoms with Gasteiger partial charge in [0.2, 0.25) is 0 Å². The van der Waals surface area contributed by atoms with Gasteiger partial charge in [-0.15, -0.1) is 0 Å². The Labute approximate surface area is 176 Å². The first-order valence-corrected chi connectivity index (χ1v) is 10.1. The molecule has 5 heteroatoms. The van der Waals surface area contributed by atoms with Gasteiger partial charge in [-0.25, -0.2) is 0 Å². The topological polar surface area (TPSA) is 54.9 Å².